The molecule has 0 aliphatic rings. The Morgan fingerprint density at radius 1 is 1.33 bits per heavy atom. The minimum atomic E-state index is 0.353. The summed E-state index contributed by atoms with van der Waals surface area (Å²) in [6.07, 6.45) is 6.30. The van der Waals surface area contributed by atoms with E-state index in [1.807, 2.05) is 30.4 Å². The lowest BCUT2D eigenvalue weighted by atomic mass is 10.1. The molecule has 1 aromatic carbocycles. The molecule has 1 N–H and O–H groups in total. The lowest BCUT2D eigenvalue weighted by Crippen LogP contribution is -1.80. The summed E-state index contributed by atoms with van der Waals surface area (Å²) in [7, 11) is 0. The van der Waals surface area contributed by atoms with Gasteiger partial charge in [-0.25, -0.2) is 0 Å². The third-order valence-corrected chi connectivity index (χ3v) is 1.60. The molecule has 1 aromatic rings. The van der Waals surface area contributed by atoms with Crippen molar-refractivity contribution in [2.45, 2.75) is 6.42 Å². The van der Waals surface area contributed by atoms with Crippen molar-refractivity contribution in [1.29, 1.82) is 0 Å². The van der Waals surface area contributed by atoms with Crippen LogP contribution in [0.25, 0.3) is 0 Å². The molecule has 1 heteroatoms. The molecule has 0 spiro atoms. The zero-order valence-electron chi connectivity index (χ0n) is 6.90. The van der Waals surface area contributed by atoms with E-state index in [0.717, 1.165) is 12.0 Å². The van der Waals surface area contributed by atoms with Crippen LogP contribution >= 0.6 is 0 Å². The van der Waals surface area contributed by atoms with Crippen LogP contribution in [0.5, 0.6) is 5.75 Å². The lowest BCUT2D eigenvalue weighted by molar-refractivity contribution is 0.470. The van der Waals surface area contributed by atoms with E-state index in [1.54, 1.807) is 12.1 Å². The smallest absolute Gasteiger partial charge is 0.119 e. The highest BCUT2D eigenvalue weighted by Crippen LogP contribution is 2.15. The van der Waals surface area contributed by atoms with Crippen molar-refractivity contribution < 1.29 is 5.11 Å². The van der Waals surface area contributed by atoms with Gasteiger partial charge in [0.05, 0.1) is 0 Å². The van der Waals surface area contributed by atoms with Gasteiger partial charge in [0.2, 0.25) is 0 Å². The maximum absolute atomic E-state index is 9.35. The van der Waals surface area contributed by atoms with E-state index in [4.69, 9.17) is 0 Å². The van der Waals surface area contributed by atoms with Gasteiger partial charge in [-0.05, 0) is 18.1 Å². The molecule has 0 saturated heterocycles. The fraction of sp³-hybridized carbons (Fsp3) is 0.0909. The largest absolute Gasteiger partial charge is 0.508 e. The first-order valence-corrected chi connectivity index (χ1v) is 3.89. The Kier molecular flexibility index (Phi) is 3.15. The Balaban J connectivity index is 2.69. The number of phenols is 1. The first kappa shape index (κ1) is 8.60. The van der Waals surface area contributed by atoms with E-state index in [9.17, 15) is 5.11 Å². The summed E-state index contributed by atoms with van der Waals surface area (Å²) in [4.78, 5) is 0. The van der Waals surface area contributed by atoms with Crippen molar-refractivity contribution in [2.75, 3.05) is 0 Å². The molecule has 0 atom stereocenters. The molecular weight excluding hydrogens is 148 g/mol. The van der Waals surface area contributed by atoms with Crippen molar-refractivity contribution in [3.8, 4) is 5.75 Å². The molecule has 0 heterocycles. The van der Waals surface area contributed by atoms with Gasteiger partial charge in [0.1, 0.15) is 5.75 Å². The number of para-hydroxylation sites is 1. The van der Waals surface area contributed by atoms with E-state index >= 15 is 0 Å². The average Bonchev–Trinajstić information content (AvgIpc) is 2.09. The first-order valence-electron chi connectivity index (χ1n) is 3.89. The van der Waals surface area contributed by atoms with Gasteiger partial charge < -0.3 is 5.11 Å². The third-order valence-electron chi connectivity index (χ3n) is 1.60. The van der Waals surface area contributed by atoms with Crippen LogP contribution in [0.4, 0.5) is 0 Å². The van der Waals surface area contributed by atoms with E-state index in [2.05, 4.69) is 6.58 Å². The quantitative estimate of drug-likeness (QED) is 0.674. The highest BCUT2D eigenvalue weighted by Gasteiger charge is 1.94. The van der Waals surface area contributed by atoms with Crippen molar-refractivity contribution in [3.05, 3.63) is 54.6 Å². The number of hydrogen-bond donors (Lipinski definition) is 1. The molecule has 1 nitrogen and oxygen atoms in total. The summed E-state index contributed by atoms with van der Waals surface area (Å²) in [6, 6.07) is 7.33. The maximum atomic E-state index is 9.35. The van der Waals surface area contributed by atoms with E-state index in [1.165, 1.54) is 0 Å². The van der Waals surface area contributed by atoms with Crippen LogP contribution in [0, 0.1) is 0 Å². The van der Waals surface area contributed by atoms with Crippen LogP contribution in [-0.4, -0.2) is 5.11 Å². The van der Waals surface area contributed by atoms with E-state index < -0.39 is 0 Å². The minimum Gasteiger partial charge on any atom is -0.508 e. The molecule has 0 fully saturated rings. The Morgan fingerprint density at radius 3 is 2.75 bits per heavy atom. The summed E-state index contributed by atoms with van der Waals surface area (Å²) >= 11 is 0. The standard InChI is InChI=1S/C11H12O/c1-2-3-4-7-10-8-5-6-9-11(10)12/h2-6,8-9,12H,1,7H2. The molecule has 0 aromatic heterocycles. The summed E-state index contributed by atoms with van der Waals surface area (Å²) < 4.78 is 0. The maximum Gasteiger partial charge on any atom is 0.119 e. The molecular formula is C11H12O. The second kappa shape index (κ2) is 4.39. The predicted molar refractivity (Wildman–Crippen MR) is 51.1 cm³/mol. The Morgan fingerprint density at radius 2 is 2.08 bits per heavy atom. The molecule has 0 unspecified atom stereocenters. The Hall–Kier alpha value is -1.50. The molecule has 0 aliphatic carbocycles. The van der Waals surface area contributed by atoms with Gasteiger partial charge in [-0.2, -0.15) is 0 Å². The molecule has 0 radical (unpaired) electrons. The minimum absolute atomic E-state index is 0.353. The van der Waals surface area contributed by atoms with Gasteiger partial charge in [0.15, 0.2) is 0 Å². The Bertz CT molecular complexity index is 287. The molecule has 0 saturated carbocycles. The van der Waals surface area contributed by atoms with Gasteiger partial charge in [-0.15, -0.1) is 0 Å². The molecule has 0 bridgehead atoms. The summed E-state index contributed by atoms with van der Waals surface area (Å²) in [5.74, 6) is 0.353. The lowest BCUT2D eigenvalue weighted by Gasteiger charge is -1.98. The van der Waals surface area contributed by atoms with Crippen molar-refractivity contribution in [1.82, 2.24) is 0 Å². The molecule has 0 amide bonds. The van der Waals surface area contributed by atoms with Crippen molar-refractivity contribution in [2.24, 2.45) is 0 Å². The number of benzene rings is 1. The zero-order valence-corrected chi connectivity index (χ0v) is 6.90. The molecule has 0 aliphatic heterocycles. The normalized spacial score (nSPS) is 10.3. The van der Waals surface area contributed by atoms with Crippen molar-refractivity contribution in [3.63, 3.8) is 0 Å². The average molecular weight is 160 g/mol. The van der Waals surface area contributed by atoms with Crippen molar-refractivity contribution >= 4 is 0 Å². The van der Waals surface area contributed by atoms with Gasteiger partial charge in [0.25, 0.3) is 0 Å². The van der Waals surface area contributed by atoms with Gasteiger partial charge in [0, 0.05) is 0 Å². The van der Waals surface area contributed by atoms with Crippen LogP contribution < -0.4 is 0 Å². The Labute approximate surface area is 72.7 Å². The van der Waals surface area contributed by atoms with Gasteiger partial charge >= 0.3 is 0 Å². The topological polar surface area (TPSA) is 20.2 Å². The summed E-state index contributed by atoms with van der Waals surface area (Å²) in [5.41, 5.74) is 0.940. The fourth-order valence-electron chi connectivity index (χ4n) is 0.975. The van der Waals surface area contributed by atoms with Crippen LogP contribution in [0.1, 0.15) is 5.56 Å². The number of rotatable bonds is 3. The number of hydrogen-bond acceptors (Lipinski definition) is 1. The monoisotopic (exact) mass is 160 g/mol. The molecule has 12 heavy (non-hydrogen) atoms. The van der Waals surface area contributed by atoms with Gasteiger partial charge in [-0.1, -0.05) is 43.0 Å². The van der Waals surface area contributed by atoms with Gasteiger partial charge in [-0.3, -0.25) is 0 Å². The first-order chi connectivity index (χ1) is 5.84. The number of aromatic hydroxyl groups is 1. The summed E-state index contributed by atoms with van der Waals surface area (Å²) in [6.45, 7) is 3.56. The van der Waals surface area contributed by atoms with Crippen LogP contribution in [0.2, 0.25) is 0 Å². The number of allylic oxidation sites excluding steroid dienone is 3. The van der Waals surface area contributed by atoms with Crippen LogP contribution in [-0.2, 0) is 6.42 Å². The zero-order chi connectivity index (χ0) is 8.81. The van der Waals surface area contributed by atoms with Crippen LogP contribution in [0.3, 0.4) is 0 Å². The highest BCUT2D eigenvalue weighted by atomic mass is 16.3. The van der Waals surface area contributed by atoms with E-state index in [-0.39, 0.29) is 0 Å². The van der Waals surface area contributed by atoms with E-state index in [0.29, 0.717) is 5.75 Å². The highest BCUT2D eigenvalue weighted by molar-refractivity contribution is 5.33. The molecule has 62 valence electrons. The second-order valence-corrected chi connectivity index (χ2v) is 2.50. The number of phenolic OH excluding ortho intramolecular Hbond substituents is 1. The third kappa shape index (κ3) is 2.27. The predicted octanol–water partition coefficient (Wildman–Crippen LogP) is 2.68. The second-order valence-electron chi connectivity index (χ2n) is 2.50. The SMILES string of the molecule is C=CC=CCc1ccccc1O. The van der Waals surface area contributed by atoms with Crippen LogP contribution in [0.15, 0.2) is 49.1 Å². The molecule has 1 rings (SSSR count). The fourth-order valence-corrected chi connectivity index (χ4v) is 0.975. The summed E-state index contributed by atoms with van der Waals surface area (Å²) in [5, 5.41) is 9.35.